The Labute approximate surface area is 117 Å². The van der Waals surface area contributed by atoms with Gasteiger partial charge in [-0.1, -0.05) is 6.07 Å². The van der Waals surface area contributed by atoms with Gasteiger partial charge in [-0.3, -0.25) is 4.79 Å². The summed E-state index contributed by atoms with van der Waals surface area (Å²) < 4.78 is 16.1. The fourth-order valence-electron chi connectivity index (χ4n) is 1.81. The van der Waals surface area contributed by atoms with Gasteiger partial charge in [0.25, 0.3) is 0 Å². The third kappa shape index (κ3) is 2.88. The largest absolute Gasteiger partial charge is 0.493 e. The molecule has 2 aromatic rings. The molecule has 1 aromatic carbocycles. The van der Waals surface area contributed by atoms with Crippen molar-refractivity contribution in [3.05, 3.63) is 47.7 Å². The van der Waals surface area contributed by atoms with Crippen LogP contribution in [0.5, 0.6) is 17.4 Å². The second-order valence-corrected chi connectivity index (χ2v) is 3.96. The van der Waals surface area contributed by atoms with Gasteiger partial charge in [-0.05, 0) is 24.3 Å². The molecule has 1 aromatic heterocycles. The Kier molecular flexibility index (Phi) is 4.55. The number of para-hydroxylation sites is 1. The number of aromatic nitrogens is 1. The maximum absolute atomic E-state index is 11.1. The van der Waals surface area contributed by atoms with Crippen LogP contribution in [0.1, 0.15) is 15.9 Å². The quantitative estimate of drug-likeness (QED) is 0.757. The monoisotopic (exact) mass is 273 g/mol. The Morgan fingerprint density at radius 2 is 2.00 bits per heavy atom. The van der Waals surface area contributed by atoms with Crippen LogP contribution in [0.4, 0.5) is 0 Å². The molecule has 0 fully saturated rings. The standard InChI is InChI=1S/C15H15NO4/c1-18-13-7-3-5-11(9-17)14(13)20-10-12-6-4-8-16-15(12)19-2/h3-9H,10H2,1-2H3. The number of carbonyl (C=O) groups is 1. The predicted octanol–water partition coefficient (Wildman–Crippen LogP) is 2.49. The Balaban J connectivity index is 2.24. The molecular weight excluding hydrogens is 258 g/mol. The number of benzene rings is 1. The maximum atomic E-state index is 11.1. The van der Waals surface area contributed by atoms with E-state index < -0.39 is 0 Å². The third-order valence-electron chi connectivity index (χ3n) is 2.77. The van der Waals surface area contributed by atoms with Gasteiger partial charge in [0.05, 0.1) is 25.3 Å². The SMILES string of the molecule is COc1cccc(C=O)c1OCc1cccnc1OC. The van der Waals surface area contributed by atoms with Crippen molar-refractivity contribution in [1.29, 1.82) is 0 Å². The number of ether oxygens (including phenoxy) is 3. The lowest BCUT2D eigenvalue weighted by atomic mass is 10.2. The number of hydrogen-bond donors (Lipinski definition) is 0. The molecule has 0 aliphatic carbocycles. The average molecular weight is 273 g/mol. The molecule has 0 aliphatic rings. The first-order valence-corrected chi connectivity index (χ1v) is 6.03. The Morgan fingerprint density at radius 1 is 1.15 bits per heavy atom. The smallest absolute Gasteiger partial charge is 0.219 e. The molecule has 0 unspecified atom stereocenters. The number of pyridine rings is 1. The normalized spacial score (nSPS) is 9.90. The first-order chi connectivity index (χ1) is 9.80. The topological polar surface area (TPSA) is 57.7 Å². The molecule has 0 bridgehead atoms. The van der Waals surface area contributed by atoms with Crippen molar-refractivity contribution in [3.63, 3.8) is 0 Å². The third-order valence-corrected chi connectivity index (χ3v) is 2.77. The highest BCUT2D eigenvalue weighted by Gasteiger charge is 2.11. The summed E-state index contributed by atoms with van der Waals surface area (Å²) in [4.78, 5) is 15.1. The molecule has 0 spiro atoms. The highest BCUT2D eigenvalue weighted by atomic mass is 16.5. The van der Waals surface area contributed by atoms with Gasteiger partial charge in [-0.15, -0.1) is 0 Å². The fourth-order valence-corrected chi connectivity index (χ4v) is 1.81. The van der Waals surface area contributed by atoms with Crippen LogP contribution in [0.15, 0.2) is 36.5 Å². The molecule has 0 aliphatic heterocycles. The predicted molar refractivity (Wildman–Crippen MR) is 73.5 cm³/mol. The van der Waals surface area contributed by atoms with Gasteiger partial charge in [0.2, 0.25) is 5.88 Å². The van der Waals surface area contributed by atoms with Crippen molar-refractivity contribution in [3.8, 4) is 17.4 Å². The van der Waals surface area contributed by atoms with Gasteiger partial charge in [0.15, 0.2) is 17.8 Å². The van der Waals surface area contributed by atoms with Crippen molar-refractivity contribution in [2.75, 3.05) is 14.2 Å². The zero-order valence-corrected chi connectivity index (χ0v) is 11.3. The molecule has 2 rings (SSSR count). The fraction of sp³-hybridized carbons (Fsp3) is 0.200. The van der Waals surface area contributed by atoms with Crippen molar-refractivity contribution < 1.29 is 19.0 Å². The lowest BCUT2D eigenvalue weighted by molar-refractivity contribution is 0.111. The van der Waals surface area contributed by atoms with Crippen molar-refractivity contribution in [2.45, 2.75) is 6.61 Å². The number of aldehydes is 1. The summed E-state index contributed by atoms with van der Waals surface area (Å²) in [7, 11) is 3.08. The van der Waals surface area contributed by atoms with Crippen LogP contribution in [0.3, 0.4) is 0 Å². The molecule has 0 amide bonds. The van der Waals surface area contributed by atoms with Crippen LogP contribution < -0.4 is 14.2 Å². The number of carbonyl (C=O) groups excluding carboxylic acids is 1. The van der Waals surface area contributed by atoms with Gasteiger partial charge in [0.1, 0.15) is 6.61 Å². The maximum Gasteiger partial charge on any atom is 0.219 e. The lowest BCUT2D eigenvalue weighted by Crippen LogP contribution is -2.03. The number of rotatable bonds is 6. The minimum atomic E-state index is 0.234. The Morgan fingerprint density at radius 3 is 2.70 bits per heavy atom. The van der Waals surface area contributed by atoms with Gasteiger partial charge in [0, 0.05) is 6.20 Å². The summed E-state index contributed by atoms with van der Waals surface area (Å²) in [6.45, 7) is 0.234. The number of hydrogen-bond acceptors (Lipinski definition) is 5. The van der Waals surface area contributed by atoms with Crippen LogP contribution in [-0.4, -0.2) is 25.5 Å². The van der Waals surface area contributed by atoms with Crippen LogP contribution >= 0.6 is 0 Å². The van der Waals surface area contributed by atoms with E-state index in [9.17, 15) is 4.79 Å². The van der Waals surface area contributed by atoms with Crippen molar-refractivity contribution in [1.82, 2.24) is 4.98 Å². The summed E-state index contributed by atoms with van der Waals surface area (Å²) in [5.41, 5.74) is 1.23. The van der Waals surface area contributed by atoms with E-state index in [2.05, 4.69) is 4.98 Å². The molecule has 104 valence electrons. The summed E-state index contributed by atoms with van der Waals surface area (Å²) in [5.74, 6) is 1.42. The van der Waals surface area contributed by atoms with Gasteiger partial charge in [-0.2, -0.15) is 0 Å². The first-order valence-electron chi connectivity index (χ1n) is 6.03. The summed E-state index contributed by atoms with van der Waals surface area (Å²) in [6, 6.07) is 8.79. The van der Waals surface area contributed by atoms with Crippen LogP contribution in [0.2, 0.25) is 0 Å². The van der Waals surface area contributed by atoms with E-state index in [0.717, 1.165) is 11.8 Å². The van der Waals surface area contributed by atoms with Gasteiger partial charge < -0.3 is 14.2 Å². The molecular formula is C15H15NO4. The molecule has 5 nitrogen and oxygen atoms in total. The zero-order valence-electron chi connectivity index (χ0n) is 11.3. The molecule has 1 heterocycles. The molecule has 0 saturated heterocycles. The van der Waals surface area contributed by atoms with E-state index in [1.165, 1.54) is 7.11 Å². The molecule has 0 atom stereocenters. The molecule has 20 heavy (non-hydrogen) atoms. The Bertz CT molecular complexity index is 598. The highest BCUT2D eigenvalue weighted by molar-refractivity contribution is 5.81. The zero-order chi connectivity index (χ0) is 14.4. The van der Waals surface area contributed by atoms with Crippen molar-refractivity contribution >= 4 is 6.29 Å². The van der Waals surface area contributed by atoms with Gasteiger partial charge >= 0.3 is 0 Å². The molecule has 5 heteroatoms. The average Bonchev–Trinajstić information content (AvgIpc) is 2.52. The van der Waals surface area contributed by atoms with E-state index in [1.807, 2.05) is 6.07 Å². The number of nitrogens with zero attached hydrogens (tertiary/aromatic N) is 1. The summed E-state index contributed by atoms with van der Waals surface area (Å²) in [5, 5.41) is 0. The van der Waals surface area contributed by atoms with Gasteiger partial charge in [-0.25, -0.2) is 4.98 Å². The van der Waals surface area contributed by atoms with E-state index in [1.54, 1.807) is 37.6 Å². The van der Waals surface area contributed by atoms with E-state index in [0.29, 0.717) is 22.9 Å². The van der Waals surface area contributed by atoms with E-state index >= 15 is 0 Å². The Hall–Kier alpha value is -2.56. The lowest BCUT2D eigenvalue weighted by Gasteiger charge is -2.13. The number of methoxy groups -OCH3 is 2. The summed E-state index contributed by atoms with van der Waals surface area (Å²) in [6.07, 6.45) is 2.38. The van der Waals surface area contributed by atoms with Crippen LogP contribution in [0.25, 0.3) is 0 Å². The summed E-state index contributed by atoms with van der Waals surface area (Å²) >= 11 is 0. The highest BCUT2D eigenvalue weighted by Crippen LogP contribution is 2.31. The van der Waals surface area contributed by atoms with Crippen molar-refractivity contribution in [2.24, 2.45) is 0 Å². The van der Waals surface area contributed by atoms with E-state index in [4.69, 9.17) is 14.2 Å². The van der Waals surface area contributed by atoms with Crippen LogP contribution in [-0.2, 0) is 6.61 Å². The second-order valence-electron chi connectivity index (χ2n) is 3.96. The minimum Gasteiger partial charge on any atom is -0.493 e. The molecule has 0 saturated carbocycles. The minimum absolute atomic E-state index is 0.234. The molecule has 0 radical (unpaired) electrons. The van der Waals surface area contributed by atoms with Crippen LogP contribution in [0, 0.1) is 0 Å². The van der Waals surface area contributed by atoms with E-state index in [-0.39, 0.29) is 6.61 Å². The molecule has 0 N–H and O–H groups in total. The first kappa shape index (κ1) is 13.9. The second kappa shape index (κ2) is 6.56.